The van der Waals surface area contributed by atoms with Gasteiger partial charge in [0.15, 0.2) is 5.96 Å². The van der Waals surface area contributed by atoms with Gasteiger partial charge < -0.3 is 30.0 Å². The molecule has 0 amide bonds. The third kappa shape index (κ3) is 6.97. The van der Waals surface area contributed by atoms with Gasteiger partial charge in [0.1, 0.15) is 6.61 Å². The summed E-state index contributed by atoms with van der Waals surface area (Å²) in [7, 11) is 1.64. The molecule has 0 radical (unpaired) electrons. The minimum atomic E-state index is -0.0341. The number of guanidine groups is 1. The number of ether oxygens (including phenoxy) is 3. The number of nitrogens with zero attached hydrogens (tertiary/aromatic N) is 2. The van der Waals surface area contributed by atoms with Crippen LogP contribution in [0.1, 0.15) is 25.3 Å². The Morgan fingerprint density at radius 1 is 1.41 bits per heavy atom. The summed E-state index contributed by atoms with van der Waals surface area (Å²) in [5.41, 5.74) is 0.883. The highest BCUT2D eigenvalue weighted by Crippen LogP contribution is 2.31. The van der Waals surface area contributed by atoms with E-state index < -0.39 is 0 Å². The van der Waals surface area contributed by atoms with Crippen molar-refractivity contribution in [3.05, 3.63) is 23.9 Å². The van der Waals surface area contributed by atoms with Crippen LogP contribution < -0.4 is 15.4 Å². The van der Waals surface area contributed by atoms with Gasteiger partial charge in [-0.25, -0.2) is 9.98 Å². The van der Waals surface area contributed by atoms with Crippen molar-refractivity contribution >= 4 is 5.96 Å². The monoisotopic (exact) mass is 380 g/mol. The van der Waals surface area contributed by atoms with Crippen LogP contribution >= 0.6 is 0 Å². The lowest BCUT2D eigenvalue weighted by Gasteiger charge is -2.27. The lowest BCUT2D eigenvalue weighted by Crippen LogP contribution is -2.44. The number of pyridine rings is 1. The van der Waals surface area contributed by atoms with Crippen molar-refractivity contribution in [1.82, 2.24) is 15.6 Å². The number of aliphatic hydroxyl groups excluding tert-OH is 1. The molecule has 8 nitrogen and oxygen atoms in total. The van der Waals surface area contributed by atoms with Crippen LogP contribution in [-0.4, -0.2) is 69.3 Å². The van der Waals surface area contributed by atoms with Crippen LogP contribution in [0.4, 0.5) is 0 Å². The molecule has 152 valence electrons. The highest BCUT2D eigenvalue weighted by atomic mass is 16.5. The molecule has 1 saturated heterocycles. The van der Waals surface area contributed by atoms with Crippen LogP contribution in [0.3, 0.4) is 0 Å². The number of methoxy groups -OCH3 is 1. The molecule has 1 unspecified atom stereocenters. The lowest BCUT2D eigenvalue weighted by atomic mass is 9.84. The Morgan fingerprint density at radius 3 is 3.00 bits per heavy atom. The number of nitrogens with one attached hydrogen (secondary N) is 2. The Bertz CT molecular complexity index is 577. The number of aliphatic hydroxyl groups is 1. The first-order valence-electron chi connectivity index (χ1n) is 9.49. The third-order valence-electron chi connectivity index (χ3n) is 4.59. The molecule has 0 aromatic carbocycles. The largest absolute Gasteiger partial charge is 0.475 e. The third-order valence-corrected chi connectivity index (χ3v) is 4.59. The Morgan fingerprint density at radius 2 is 2.30 bits per heavy atom. The molecular formula is C19H32N4O4. The van der Waals surface area contributed by atoms with Crippen LogP contribution in [0.15, 0.2) is 23.3 Å². The SMILES string of the molecule is CCNC(=NCc1cccnc1OCCOC)NCC1(CCO)CCOC1. The quantitative estimate of drug-likeness (QED) is 0.299. The number of rotatable bonds is 11. The van der Waals surface area contributed by atoms with Crippen LogP contribution in [0.25, 0.3) is 0 Å². The van der Waals surface area contributed by atoms with E-state index >= 15 is 0 Å². The first-order valence-corrected chi connectivity index (χ1v) is 9.49. The van der Waals surface area contributed by atoms with E-state index in [0.29, 0.717) is 38.8 Å². The predicted molar refractivity (Wildman–Crippen MR) is 104 cm³/mol. The summed E-state index contributed by atoms with van der Waals surface area (Å²) in [6.45, 7) is 6.50. The number of hydrogen-bond donors (Lipinski definition) is 3. The summed E-state index contributed by atoms with van der Waals surface area (Å²) in [4.78, 5) is 8.95. The average Bonchev–Trinajstić information content (AvgIpc) is 3.14. The molecule has 0 bridgehead atoms. The van der Waals surface area contributed by atoms with Gasteiger partial charge in [-0.2, -0.15) is 0 Å². The second kappa shape index (κ2) is 11.7. The van der Waals surface area contributed by atoms with Crippen LogP contribution in [0.2, 0.25) is 0 Å². The smallest absolute Gasteiger partial charge is 0.218 e. The summed E-state index contributed by atoms with van der Waals surface area (Å²) in [6.07, 6.45) is 3.37. The maximum atomic E-state index is 9.37. The van der Waals surface area contributed by atoms with E-state index in [1.54, 1.807) is 13.3 Å². The molecule has 8 heteroatoms. The molecule has 1 aliphatic rings. The maximum absolute atomic E-state index is 9.37. The standard InChI is InChI=1S/C19H32N4O4/c1-3-20-18(23-14-19(6-9-24)7-10-26-15-19)22-13-16-5-4-8-21-17(16)27-12-11-25-2/h4-5,8,24H,3,6-7,9-15H2,1-2H3,(H2,20,22,23). The van der Waals surface area contributed by atoms with Crippen LogP contribution in [-0.2, 0) is 16.0 Å². The molecule has 1 atom stereocenters. The molecule has 2 heterocycles. The fraction of sp³-hybridized carbons (Fsp3) is 0.684. The van der Waals surface area contributed by atoms with E-state index in [1.807, 2.05) is 19.1 Å². The fourth-order valence-electron chi connectivity index (χ4n) is 2.98. The van der Waals surface area contributed by atoms with Crippen molar-refractivity contribution in [2.75, 3.05) is 53.2 Å². The first kappa shape index (κ1) is 21.4. The van der Waals surface area contributed by atoms with Crippen molar-refractivity contribution in [1.29, 1.82) is 0 Å². The van der Waals surface area contributed by atoms with Gasteiger partial charge in [-0.3, -0.25) is 0 Å². The van der Waals surface area contributed by atoms with Gasteiger partial charge >= 0.3 is 0 Å². The summed E-state index contributed by atoms with van der Waals surface area (Å²) in [5, 5.41) is 16.0. The molecule has 1 fully saturated rings. The molecule has 27 heavy (non-hydrogen) atoms. The molecule has 0 aliphatic carbocycles. The molecule has 3 N–H and O–H groups in total. The number of aromatic nitrogens is 1. The van der Waals surface area contributed by atoms with Crippen molar-refractivity contribution < 1.29 is 19.3 Å². The molecule has 2 rings (SSSR count). The van der Waals surface area contributed by atoms with Crippen molar-refractivity contribution in [3.8, 4) is 5.88 Å². The first-order chi connectivity index (χ1) is 13.2. The van der Waals surface area contributed by atoms with Crippen molar-refractivity contribution in [2.45, 2.75) is 26.3 Å². The van der Waals surface area contributed by atoms with E-state index in [4.69, 9.17) is 14.2 Å². The second-order valence-corrected chi connectivity index (χ2v) is 6.63. The van der Waals surface area contributed by atoms with Crippen LogP contribution in [0.5, 0.6) is 5.88 Å². The predicted octanol–water partition coefficient (Wildman–Crippen LogP) is 0.951. The Hall–Kier alpha value is -1.90. The van der Waals surface area contributed by atoms with Gasteiger partial charge in [0.25, 0.3) is 0 Å². The van der Waals surface area contributed by atoms with Gasteiger partial charge in [0.05, 0.1) is 19.8 Å². The average molecular weight is 380 g/mol. The van der Waals surface area contributed by atoms with Gasteiger partial charge in [-0.1, -0.05) is 6.07 Å². The molecule has 1 aromatic rings. The summed E-state index contributed by atoms with van der Waals surface area (Å²) in [5.74, 6) is 1.31. The molecule has 1 aromatic heterocycles. The highest BCUT2D eigenvalue weighted by molar-refractivity contribution is 5.79. The van der Waals surface area contributed by atoms with E-state index in [9.17, 15) is 5.11 Å². The second-order valence-electron chi connectivity index (χ2n) is 6.63. The summed E-state index contributed by atoms with van der Waals surface area (Å²) in [6, 6.07) is 3.83. The summed E-state index contributed by atoms with van der Waals surface area (Å²) >= 11 is 0. The Labute approximate surface area is 161 Å². The van der Waals surface area contributed by atoms with E-state index in [1.165, 1.54) is 0 Å². The maximum Gasteiger partial charge on any atom is 0.218 e. The van der Waals surface area contributed by atoms with Crippen LogP contribution in [0, 0.1) is 5.41 Å². The fourth-order valence-corrected chi connectivity index (χ4v) is 2.98. The number of aliphatic imine (C=N–C) groups is 1. The van der Waals surface area contributed by atoms with Gasteiger partial charge in [0.2, 0.25) is 5.88 Å². The zero-order valence-electron chi connectivity index (χ0n) is 16.4. The van der Waals surface area contributed by atoms with Gasteiger partial charge in [0, 0.05) is 50.6 Å². The van der Waals surface area contributed by atoms with E-state index in [2.05, 4.69) is 20.6 Å². The van der Waals surface area contributed by atoms with Crippen molar-refractivity contribution in [2.24, 2.45) is 10.4 Å². The zero-order chi connectivity index (χ0) is 19.4. The van der Waals surface area contributed by atoms with Crippen molar-refractivity contribution in [3.63, 3.8) is 0 Å². The Balaban J connectivity index is 1.98. The minimum Gasteiger partial charge on any atom is -0.475 e. The van der Waals surface area contributed by atoms with E-state index in [0.717, 1.165) is 37.5 Å². The molecule has 0 spiro atoms. The number of hydrogen-bond acceptors (Lipinski definition) is 6. The molecule has 1 aliphatic heterocycles. The molecular weight excluding hydrogens is 348 g/mol. The van der Waals surface area contributed by atoms with Gasteiger partial charge in [-0.15, -0.1) is 0 Å². The lowest BCUT2D eigenvalue weighted by molar-refractivity contribution is 0.127. The van der Waals surface area contributed by atoms with E-state index in [-0.39, 0.29) is 12.0 Å². The highest BCUT2D eigenvalue weighted by Gasteiger charge is 2.34. The topological polar surface area (TPSA) is 97.2 Å². The minimum absolute atomic E-state index is 0.0341. The van der Waals surface area contributed by atoms with Gasteiger partial charge in [-0.05, 0) is 25.8 Å². The molecule has 0 saturated carbocycles. The normalized spacial score (nSPS) is 19.9. The summed E-state index contributed by atoms with van der Waals surface area (Å²) < 4.78 is 16.2. The zero-order valence-corrected chi connectivity index (χ0v) is 16.4. The Kier molecular flexibility index (Phi) is 9.30.